The van der Waals surface area contributed by atoms with Gasteiger partial charge in [-0.15, -0.1) is 0 Å². The molecule has 5 heteroatoms. The maximum Gasteiger partial charge on any atom is 0.0596 e. The number of hydrogen-bond acceptors (Lipinski definition) is 3. The highest BCUT2D eigenvalue weighted by atomic mass is 15.3. The molecule has 0 fully saturated rings. The Labute approximate surface area is 114 Å². The molecule has 0 amide bonds. The van der Waals surface area contributed by atoms with Crippen LogP contribution in [0, 0.1) is 13.8 Å². The second kappa shape index (κ2) is 6.52. The van der Waals surface area contributed by atoms with Crippen LogP contribution in [0.25, 0.3) is 0 Å². The van der Waals surface area contributed by atoms with Gasteiger partial charge in [-0.25, -0.2) is 0 Å². The van der Waals surface area contributed by atoms with Crippen molar-refractivity contribution in [3.63, 3.8) is 0 Å². The highest BCUT2D eigenvalue weighted by Gasteiger charge is 2.00. The van der Waals surface area contributed by atoms with Gasteiger partial charge in [-0.3, -0.25) is 9.36 Å². The third-order valence-corrected chi connectivity index (χ3v) is 3.17. The maximum atomic E-state index is 4.46. The van der Waals surface area contributed by atoms with E-state index in [1.807, 2.05) is 17.8 Å². The van der Waals surface area contributed by atoms with Gasteiger partial charge in [-0.2, -0.15) is 10.2 Å². The van der Waals surface area contributed by atoms with Crippen LogP contribution in [0.1, 0.15) is 30.3 Å². The van der Waals surface area contributed by atoms with Crippen molar-refractivity contribution in [1.29, 1.82) is 0 Å². The standard InChI is InChI=1S/C14H23N5/c1-4-18-11-14(10-16-18)9-15-6-5-7-19-13(3)8-12(2)17-19/h8,10-11,15H,4-7,9H2,1-3H3. The zero-order chi connectivity index (χ0) is 13.7. The third-order valence-electron chi connectivity index (χ3n) is 3.17. The molecule has 5 nitrogen and oxygen atoms in total. The maximum absolute atomic E-state index is 4.46. The number of nitrogens with one attached hydrogen (secondary N) is 1. The molecule has 0 saturated carbocycles. The molecule has 0 aliphatic rings. The van der Waals surface area contributed by atoms with Crippen molar-refractivity contribution in [3.8, 4) is 0 Å². The largest absolute Gasteiger partial charge is 0.312 e. The van der Waals surface area contributed by atoms with Crippen LogP contribution in [0.15, 0.2) is 18.5 Å². The van der Waals surface area contributed by atoms with Gasteiger partial charge in [0.1, 0.15) is 0 Å². The highest BCUT2D eigenvalue weighted by molar-refractivity contribution is 5.06. The molecule has 0 bridgehead atoms. The van der Waals surface area contributed by atoms with Crippen molar-refractivity contribution in [2.45, 2.75) is 46.8 Å². The van der Waals surface area contributed by atoms with E-state index in [-0.39, 0.29) is 0 Å². The number of aromatic nitrogens is 4. The van der Waals surface area contributed by atoms with Crippen LogP contribution in [-0.2, 0) is 19.6 Å². The molecule has 0 atom stereocenters. The molecule has 0 saturated heterocycles. The summed E-state index contributed by atoms with van der Waals surface area (Å²) in [6.45, 7) is 10.0. The molecule has 2 aromatic heterocycles. The van der Waals surface area contributed by atoms with Crippen LogP contribution in [0.4, 0.5) is 0 Å². The Bertz CT molecular complexity index is 512. The summed E-state index contributed by atoms with van der Waals surface area (Å²) < 4.78 is 4.03. The SMILES string of the molecule is CCn1cc(CNCCCn2nc(C)cc2C)cn1. The normalized spacial score (nSPS) is 11.1. The lowest BCUT2D eigenvalue weighted by molar-refractivity contribution is 0.532. The van der Waals surface area contributed by atoms with Gasteiger partial charge in [0.15, 0.2) is 0 Å². The fraction of sp³-hybridized carbons (Fsp3) is 0.571. The molecule has 0 aliphatic carbocycles. The van der Waals surface area contributed by atoms with Crippen LogP contribution < -0.4 is 5.32 Å². The van der Waals surface area contributed by atoms with Gasteiger partial charge in [0.2, 0.25) is 0 Å². The van der Waals surface area contributed by atoms with E-state index in [0.29, 0.717) is 0 Å². The van der Waals surface area contributed by atoms with E-state index in [0.717, 1.165) is 38.3 Å². The lowest BCUT2D eigenvalue weighted by Gasteiger charge is -2.05. The lowest BCUT2D eigenvalue weighted by atomic mass is 10.3. The van der Waals surface area contributed by atoms with E-state index in [9.17, 15) is 0 Å². The van der Waals surface area contributed by atoms with Crippen molar-refractivity contribution in [3.05, 3.63) is 35.4 Å². The van der Waals surface area contributed by atoms with Gasteiger partial charge in [-0.05, 0) is 39.8 Å². The summed E-state index contributed by atoms with van der Waals surface area (Å²) in [6.07, 6.45) is 5.11. The van der Waals surface area contributed by atoms with Gasteiger partial charge in [-0.1, -0.05) is 0 Å². The minimum absolute atomic E-state index is 0.886. The zero-order valence-electron chi connectivity index (χ0n) is 12.1. The first-order valence-electron chi connectivity index (χ1n) is 6.92. The van der Waals surface area contributed by atoms with E-state index >= 15 is 0 Å². The predicted molar refractivity (Wildman–Crippen MR) is 75.9 cm³/mol. The van der Waals surface area contributed by atoms with E-state index < -0.39 is 0 Å². The van der Waals surface area contributed by atoms with E-state index in [1.54, 1.807) is 0 Å². The summed E-state index contributed by atoms with van der Waals surface area (Å²) in [5.74, 6) is 0. The fourth-order valence-electron chi connectivity index (χ4n) is 2.16. The van der Waals surface area contributed by atoms with Crippen molar-refractivity contribution >= 4 is 0 Å². The third kappa shape index (κ3) is 3.92. The Hall–Kier alpha value is -1.62. The Balaban J connectivity index is 1.65. The van der Waals surface area contributed by atoms with Crippen LogP contribution in [0.2, 0.25) is 0 Å². The molecule has 2 rings (SSSR count). The van der Waals surface area contributed by atoms with Gasteiger partial charge in [0.05, 0.1) is 11.9 Å². The van der Waals surface area contributed by atoms with Gasteiger partial charge >= 0.3 is 0 Å². The summed E-state index contributed by atoms with van der Waals surface area (Å²) in [5.41, 5.74) is 3.58. The molecule has 1 N–H and O–H groups in total. The molecule has 0 radical (unpaired) electrons. The molecule has 0 spiro atoms. The highest BCUT2D eigenvalue weighted by Crippen LogP contribution is 2.02. The summed E-state index contributed by atoms with van der Waals surface area (Å²) in [7, 11) is 0. The van der Waals surface area contributed by atoms with Gasteiger partial charge in [0, 0.05) is 37.1 Å². The first-order valence-corrected chi connectivity index (χ1v) is 6.92. The number of nitrogens with zero attached hydrogens (tertiary/aromatic N) is 4. The predicted octanol–water partition coefficient (Wildman–Crippen LogP) is 1.90. The smallest absolute Gasteiger partial charge is 0.0596 e. The van der Waals surface area contributed by atoms with Crippen LogP contribution in [-0.4, -0.2) is 26.1 Å². The van der Waals surface area contributed by atoms with E-state index in [2.05, 4.69) is 46.3 Å². The minimum Gasteiger partial charge on any atom is -0.312 e. The quantitative estimate of drug-likeness (QED) is 0.774. The van der Waals surface area contributed by atoms with Crippen molar-refractivity contribution in [2.75, 3.05) is 6.54 Å². The monoisotopic (exact) mass is 261 g/mol. The Kier molecular flexibility index (Phi) is 4.74. The van der Waals surface area contributed by atoms with E-state index in [4.69, 9.17) is 0 Å². The van der Waals surface area contributed by atoms with Gasteiger partial charge in [0.25, 0.3) is 0 Å². The van der Waals surface area contributed by atoms with E-state index in [1.165, 1.54) is 11.3 Å². The number of rotatable bonds is 7. The first-order chi connectivity index (χ1) is 9.19. The molecule has 2 aromatic rings. The second-order valence-corrected chi connectivity index (χ2v) is 4.88. The van der Waals surface area contributed by atoms with Crippen LogP contribution in [0.5, 0.6) is 0 Å². The van der Waals surface area contributed by atoms with Crippen molar-refractivity contribution in [2.24, 2.45) is 0 Å². The lowest BCUT2D eigenvalue weighted by Crippen LogP contribution is -2.17. The molecular weight excluding hydrogens is 238 g/mol. The molecule has 0 aliphatic heterocycles. The first kappa shape index (κ1) is 13.8. The summed E-state index contributed by atoms with van der Waals surface area (Å²) in [5, 5.41) is 12.2. The zero-order valence-corrected chi connectivity index (χ0v) is 12.1. The number of aryl methyl sites for hydroxylation is 4. The molecule has 0 unspecified atom stereocenters. The van der Waals surface area contributed by atoms with Crippen LogP contribution in [0.3, 0.4) is 0 Å². The fourth-order valence-corrected chi connectivity index (χ4v) is 2.16. The molecule has 104 valence electrons. The van der Waals surface area contributed by atoms with Crippen molar-refractivity contribution < 1.29 is 0 Å². The van der Waals surface area contributed by atoms with Crippen LogP contribution >= 0.6 is 0 Å². The topological polar surface area (TPSA) is 47.7 Å². The number of hydrogen-bond donors (Lipinski definition) is 1. The Morgan fingerprint density at radius 2 is 2.16 bits per heavy atom. The molecule has 2 heterocycles. The molecular formula is C14H23N5. The Morgan fingerprint density at radius 1 is 1.32 bits per heavy atom. The van der Waals surface area contributed by atoms with Gasteiger partial charge < -0.3 is 5.32 Å². The summed E-state index contributed by atoms with van der Waals surface area (Å²) >= 11 is 0. The minimum atomic E-state index is 0.886. The summed E-state index contributed by atoms with van der Waals surface area (Å²) in [4.78, 5) is 0. The molecule has 19 heavy (non-hydrogen) atoms. The molecule has 0 aromatic carbocycles. The average molecular weight is 261 g/mol. The summed E-state index contributed by atoms with van der Waals surface area (Å²) in [6, 6.07) is 2.12. The Morgan fingerprint density at radius 3 is 2.79 bits per heavy atom. The van der Waals surface area contributed by atoms with Crippen molar-refractivity contribution in [1.82, 2.24) is 24.9 Å². The second-order valence-electron chi connectivity index (χ2n) is 4.88. The average Bonchev–Trinajstić information content (AvgIpc) is 2.96.